The Kier molecular flexibility index (Phi) is 3.43. The molecule has 6 heteroatoms. The average molecular weight is 290 g/mol. The van der Waals surface area contributed by atoms with Crippen LogP contribution in [0, 0.1) is 11.6 Å². The SMILES string of the molecule is O=C(Nc1c(F)cccc1F)c1cccc2c1OCCN2. The Balaban J connectivity index is 1.93. The summed E-state index contributed by atoms with van der Waals surface area (Å²) >= 11 is 0. The first kappa shape index (κ1) is 13.4. The van der Waals surface area contributed by atoms with E-state index in [1.54, 1.807) is 18.2 Å². The fourth-order valence-electron chi connectivity index (χ4n) is 2.15. The van der Waals surface area contributed by atoms with Gasteiger partial charge in [-0.15, -0.1) is 0 Å². The highest BCUT2D eigenvalue weighted by Crippen LogP contribution is 2.32. The number of amides is 1. The molecule has 0 saturated carbocycles. The zero-order valence-corrected chi connectivity index (χ0v) is 11.0. The van der Waals surface area contributed by atoms with Crippen LogP contribution in [0.1, 0.15) is 10.4 Å². The van der Waals surface area contributed by atoms with E-state index in [4.69, 9.17) is 4.74 Å². The number of hydrogen-bond acceptors (Lipinski definition) is 3. The maximum absolute atomic E-state index is 13.6. The summed E-state index contributed by atoms with van der Waals surface area (Å²) < 4.78 is 32.6. The van der Waals surface area contributed by atoms with Crippen LogP contribution in [-0.4, -0.2) is 19.1 Å². The van der Waals surface area contributed by atoms with E-state index >= 15 is 0 Å². The van der Waals surface area contributed by atoms with Gasteiger partial charge in [-0.05, 0) is 24.3 Å². The first-order valence-electron chi connectivity index (χ1n) is 6.42. The van der Waals surface area contributed by atoms with Crippen molar-refractivity contribution in [2.24, 2.45) is 0 Å². The lowest BCUT2D eigenvalue weighted by atomic mass is 10.1. The monoisotopic (exact) mass is 290 g/mol. The molecule has 0 bridgehead atoms. The molecular weight excluding hydrogens is 278 g/mol. The second kappa shape index (κ2) is 5.40. The van der Waals surface area contributed by atoms with Crippen molar-refractivity contribution in [2.45, 2.75) is 0 Å². The summed E-state index contributed by atoms with van der Waals surface area (Å²) in [4.78, 5) is 12.2. The van der Waals surface area contributed by atoms with Gasteiger partial charge in [0.25, 0.3) is 5.91 Å². The van der Waals surface area contributed by atoms with Gasteiger partial charge >= 0.3 is 0 Å². The molecule has 1 amide bonds. The summed E-state index contributed by atoms with van der Waals surface area (Å²) in [5.41, 5.74) is 0.439. The fraction of sp³-hybridized carbons (Fsp3) is 0.133. The van der Waals surface area contributed by atoms with Gasteiger partial charge in [0.15, 0.2) is 5.75 Å². The lowest BCUT2D eigenvalue weighted by molar-refractivity contribution is 0.102. The largest absolute Gasteiger partial charge is 0.489 e. The van der Waals surface area contributed by atoms with Gasteiger partial charge < -0.3 is 15.4 Å². The van der Waals surface area contributed by atoms with Crippen LogP contribution in [0.25, 0.3) is 0 Å². The number of hydrogen-bond donors (Lipinski definition) is 2. The van der Waals surface area contributed by atoms with Crippen LogP contribution >= 0.6 is 0 Å². The third-order valence-corrected chi connectivity index (χ3v) is 3.12. The minimum Gasteiger partial charge on any atom is -0.489 e. The highest BCUT2D eigenvalue weighted by atomic mass is 19.1. The van der Waals surface area contributed by atoms with Gasteiger partial charge in [0.1, 0.15) is 23.9 Å². The number of carbonyl (C=O) groups excluding carboxylic acids is 1. The molecular formula is C15H12F2N2O2. The van der Waals surface area contributed by atoms with Crippen molar-refractivity contribution >= 4 is 17.3 Å². The van der Waals surface area contributed by atoms with Crippen LogP contribution in [-0.2, 0) is 0 Å². The smallest absolute Gasteiger partial charge is 0.259 e. The molecule has 2 N–H and O–H groups in total. The molecule has 0 radical (unpaired) electrons. The number of rotatable bonds is 2. The molecule has 0 unspecified atom stereocenters. The number of anilines is 2. The van der Waals surface area contributed by atoms with Crippen molar-refractivity contribution in [1.29, 1.82) is 0 Å². The van der Waals surface area contributed by atoms with Crippen molar-refractivity contribution in [3.05, 3.63) is 53.6 Å². The summed E-state index contributed by atoms with van der Waals surface area (Å²) in [6.07, 6.45) is 0. The molecule has 4 nitrogen and oxygen atoms in total. The van der Waals surface area contributed by atoms with Crippen LogP contribution in [0.4, 0.5) is 20.2 Å². The lowest BCUT2D eigenvalue weighted by Crippen LogP contribution is -2.22. The first-order chi connectivity index (χ1) is 10.2. The molecule has 1 aliphatic rings. The van der Waals surface area contributed by atoms with E-state index in [1.807, 2.05) is 0 Å². The van der Waals surface area contributed by atoms with Crippen LogP contribution in [0.15, 0.2) is 36.4 Å². The number of para-hydroxylation sites is 2. The molecule has 1 heterocycles. The average Bonchev–Trinajstić information content (AvgIpc) is 2.50. The van der Waals surface area contributed by atoms with Crippen molar-refractivity contribution in [3.63, 3.8) is 0 Å². The second-order valence-electron chi connectivity index (χ2n) is 4.51. The van der Waals surface area contributed by atoms with E-state index in [0.717, 1.165) is 12.1 Å². The van der Waals surface area contributed by atoms with E-state index in [0.29, 0.717) is 24.6 Å². The van der Waals surface area contributed by atoms with Crippen LogP contribution in [0.5, 0.6) is 5.75 Å². The number of nitrogens with one attached hydrogen (secondary N) is 2. The predicted octanol–water partition coefficient (Wildman–Crippen LogP) is 3.02. The third kappa shape index (κ3) is 2.52. The van der Waals surface area contributed by atoms with Crippen LogP contribution in [0.3, 0.4) is 0 Å². The Morgan fingerprint density at radius 2 is 1.86 bits per heavy atom. The Morgan fingerprint density at radius 3 is 2.62 bits per heavy atom. The molecule has 3 rings (SSSR count). The standard InChI is InChI=1S/C15H12F2N2O2/c16-10-4-2-5-11(17)13(10)19-15(20)9-3-1-6-12-14(9)21-8-7-18-12/h1-6,18H,7-8H2,(H,19,20). The summed E-state index contributed by atoms with van der Waals surface area (Å²) in [6, 6.07) is 8.38. The van der Waals surface area contributed by atoms with Gasteiger partial charge in [0.05, 0.1) is 11.3 Å². The lowest BCUT2D eigenvalue weighted by Gasteiger charge is -2.21. The van der Waals surface area contributed by atoms with Crippen LogP contribution in [0.2, 0.25) is 0 Å². The number of fused-ring (bicyclic) bond motifs is 1. The van der Waals surface area contributed by atoms with E-state index in [-0.39, 0.29) is 5.56 Å². The van der Waals surface area contributed by atoms with Crippen molar-refractivity contribution in [2.75, 3.05) is 23.8 Å². The van der Waals surface area contributed by atoms with E-state index in [1.165, 1.54) is 6.07 Å². The molecule has 21 heavy (non-hydrogen) atoms. The van der Waals surface area contributed by atoms with Crippen molar-refractivity contribution in [3.8, 4) is 5.75 Å². The minimum absolute atomic E-state index is 0.224. The van der Waals surface area contributed by atoms with Crippen LogP contribution < -0.4 is 15.4 Å². The Labute approximate surface area is 119 Å². The second-order valence-corrected chi connectivity index (χ2v) is 4.51. The van der Waals surface area contributed by atoms with Gasteiger partial charge in [-0.2, -0.15) is 0 Å². The summed E-state index contributed by atoms with van der Waals surface area (Å²) in [5, 5.41) is 5.34. The number of carbonyl (C=O) groups is 1. The van der Waals surface area contributed by atoms with Gasteiger partial charge in [-0.3, -0.25) is 4.79 Å². The zero-order chi connectivity index (χ0) is 14.8. The maximum atomic E-state index is 13.6. The minimum atomic E-state index is -0.827. The zero-order valence-electron chi connectivity index (χ0n) is 11.0. The molecule has 2 aromatic rings. The van der Waals surface area contributed by atoms with E-state index in [9.17, 15) is 13.6 Å². The summed E-state index contributed by atoms with van der Waals surface area (Å²) in [5.74, 6) is -1.89. The van der Waals surface area contributed by atoms with Crippen molar-refractivity contribution in [1.82, 2.24) is 0 Å². The quantitative estimate of drug-likeness (QED) is 0.894. The topological polar surface area (TPSA) is 50.4 Å². The Hall–Kier alpha value is -2.63. The molecule has 0 atom stereocenters. The molecule has 2 aromatic carbocycles. The first-order valence-corrected chi connectivity index (χ1v) is 6.42. The fourth-order valence-corrected chi connectivity index (χ4v) is 2.15. The molecule has 1 aliphatic heterocycles. The van der Waals surface area contributed by atoms with Gasteiger partial charge in [-0.25, -0.2) is 8.78 Å². The van der Waals surface area contributed by atoms with E-state index < -0.39 is 23.2 Å². The molecule has 108 valence electrons. The molecule has 0 spiro atoms. The molecule has 0 fully saturated rings. The van der Waals surface area contributed by atoms with Crippen molar-refractivity contribution < 1.29 is 18.3 Å². The number of halogens is 2. The maximum Gasteiger partial charge on any atom is 0.259 e. The van der Waals surface area contributed by atoms with E-state index in [2.05, 4.69) is 10.6 Å². The highest BCUT2D eigenvalue weighted by molar-refractivity contribution is 6.07. The summed E-state index contributed by atoms with van der Waals surface area (Å²) in [7, 11) is 0. The summed E-state index contributed by atoms with van der Waals surface area (Å²) in [6.45, 7) is 1.06. The normalized spacial score (nSPS) is 12.9. The Morgan fingerprint density at radius 1 is 1.14 bits per heavy atom. The number of benzene rings is 2. The Bertz CT molecular complexity index is 684. The predicted molar refractivity (Wildman–Crippen MR) is 74.7 cm³/mol. The van der Waals surface area contributed by atoms with Gasteiger partial charge in [0, 0.05) is 6.54 Å². The molecule has 0 saturated heterocycles. The highest BCUT2D eigenvalue weighted by Gasteiger charge is 2.20. The van der Waals surface area contributed by atoms with Gasteiger partial charge in [0.2, 0.25) is 0 Å². The molecule has 0 aliphatic carbocycles. The number of ether oxygens (including phenoxy) is 1. The molecule has 0 aromatic heterocycles. The van der Waals surface area contributed by atoms with Gasteiger partial charge in [-0.1, -0.05) is 12.1 Å². The third-order valence-electron chi connectivity index (χ3n) is 3.12.